The van der Waals surface area contributed by atoms with Gasteiger partial charge in [-0.2, -0.15) is 0 Å². The summed E-state index contributed by atoms with van der Waals surface area (Å²) in [6.07, 6.45) is 5.89. The number of amides is 1. The fraction of sp³-hybridized carbons (Fsp3) is 0.600. The van der Waals surface area contributed by atoms with E-state index < -0.39 is 6.04 Å². The van der Waals surface area contributed by atoms with E-state index in [0.717, 1.165) is 37.7 Å². The number of ether oxygens (including phenoxy) is 1. The Morgan fingerprint density at radius 1 is 1.12 bits per heavy atom. The van der Waals surface area contributed by atoms with Gasteiger partial charge in [0.15, 0.2) is 0 Å². The lowest BCUT2D eigenvalue weighted by Gasteiger charge is -2.33. The largest absolute Gasteiger partial charge is 0.467 e. The second kappa shape index (κ2) is 6.43. The molecule has 1 aromatic rings. The van der Waals surface area contributed by atoms with Crippen LogP contribution in [0.4, 0.5) is 4.39 Å². The van der Waals surface area contributed by atoms with Gasteiger partial charge >= 0.3 is 5.97 Å². The van der Waals surface area contributed by atoms with Crippen LogP contribution in [0.3, 0.4) is 0 Å². The summed E-state index contributed by atoms with van der Waals surface area (Å²) in [5, 5.41) is 0. The molecule has 2 aliphatic carbocycles. The number of nitrogens with zero attached hydrogens (tertiary/aromatic N) is 1. The third-order valence-electron chi connectivity index (χ3n) is 6.22. The van der Waals surface area contributed by atoms with Crippen molar-refractivity contribution < 1.29 is 18.7 Å². The van der Waals surface area contributed by atoms with Gasteiger partial charge in [0.25, 0.3) is 0 Å². The molecule has 25 heavy (non-hydrogen) atoms. The maximum atomic E-state index is 13.2. The maximum Gasteiger partial charge on any atom is 0.328 e. The standard InChI is InChI=1S/C20H24FNO3/c1-25-20(24)18-10-13-4-2-3-5-17(13)22(18)19(23)16-11-15(16)12-6-8-14(21)9-7-12/h6-9,13,15-18H,2-5,10-11H2,1H3/t13-,15-,16-,17-,18-/m0/s1. The fourth-order valence-corrected chi connectivity index (χ4v) is 4.86. The number of carbonyl (C=O) groups is 2. The van der Waals surface area contributed by atoms with Gasteiger partial charge in [-0.25, -0.2) is 9.18 Å². The molecule has 1 amide bonds. The fourth-order valence-electron chi connectivity index (χ4n) is 4.86. The molecule has 0 spiro atoms. The molecule has 0 N–H and O–H groups in total. The number of rotatable bonds is 3. The third-order valence-corrected chi connectivity index (χ3v) is 6.22. The van der Waals surface area contributed by atoms with Gasteiger partial charge in [0.2, 0.25) is 5.91 Å². The van der Waals surface area contributed by atoms with Gasteiger partial charge in [0, 0.05) is 12.0 Å². The monoisotopic (exact) mass is 345 g/mol. The average molecular weight is 345 g/mol. The van der Waals surface area contributed by atoms with Crippen LogP contribution in [0.5, 0.6) is 0 Å². The van der Waals surface area contributed by atoms with E-state index in [1.165, 1.54) is 25.7 Å². The highest BCUT2D eigenvalue weighted by molar-refractivity contribution is 5.89. The molecule has 1 aromatic carbocycles. The summed E-state index contributed by atoms with van der Waals surface area (Å²) in [6, 6.07) is 6.16. The van der Waals surface area contributed by atoms with Crippen molar-refractivity contribution in [1.82, 2.24) is 4.90 Å². The Labute approximate surface area is 147 Å². The van der Waals surface area contributed by atoms with Gasteiger partial charge in [-0.05, 0) is 55.2 Å². The SMILES string of the molecule is COC(=O)[C@@H]1C[C@@H]2CCCC[C@@H]2N1C(=O)[C@H]1C[C@H]1c1ccc(F)cc1. The first-order chi connectivity index (χ1) is 12.1. The van der Waals surface area contributed by atoms with Crippen molar-refractivity contribution in [3.05, 3.63) is 35.6 Å². The van der Waals surface area contributed by atoms with Crippen molar-refractivity contribution in [3.63, 3.8) is 0 Å². The quantitative estimate of drug-likeness (QED) is 0.790. The first-order valence-corrected chi connectivity index (χ1v) is 9.25. The second-order valence-electron chi connectivity index (χ2n) is 7.63. The summed E-state index contributed by atoms with van der Waals surface area (Å²) in [5.74, 6) is 0.0145. The summed E-state index contributed by atoms with van der Waals surface area (Å²) in [4.78, 5) is 27.3. The molecule has 1 saturated heterocycles. The Morgan fingerprint density at radius 2 is 1.84 bits per heavy atom. The van der Waals surface area contributed by atoms with E-state index in [4.69, 9.17) is 4.74 Å². The number of carbonyl (C=O) groups excluding carboxylic acids is 2. The predicted octanol–water partition coefficient (Wildman–Crippen LogP) is 3.26. The molecule has 4 nitrogen and oxygen atoms in total. The maximum absolute atomic E-state index is 13.2. The molecular formula is C20H24FNO3. The molecule has 4 rings (SSSR count). The molecule has 1 aliphatic heterocycles. The molecule has 0 bridgehead atoms. The smallest absolute Gasteiger partial charge is 0.328 e. The highest BCUT2D eigenvalue weighted by atomic mass is 19.1. The number of esters is 1. The first-order valence-electron chi connectivity index (χ1n) is 9.25. The minimum Gasteiger partial charge on any atom is -0.467 e. The van der Waals surface area contributed by atoms with Crippen molar-refractivity contribution in [2.45, 2.75) is 56.5 Å². The molecule has 0 radical (unpaired) electrons. The minimum absolute atomic E-state index is 0.0825. The van der Waals surface area contributed by atoms with Gasteiger partial charge in [-0.1, -0.05) is 25.0 Å². The van der Waals surface area contributed by atoms with Gasteiger partial charge in [-0.15, -0.1) is 0 Å². The van der Waals surface area contributed by atoms with Crippen LogP contribution in [0, 0.1) is 17.7 Å². The summed E-state index contributed by atoms with van der Waals surface area (Å²) < 4.78 is 18.1. The topological polar surface area (TPSA) is 46.6 Å². The summed E-state index contributed by atoms with van der Waals surface area (Å²) in [5.41, 5.74) is 1.01. The molecule has 1 heterocycles. The van der Waals surface area contributed by atoms with Crippen molar-refractivity contribution in [1.29, 1.82) is 0 Å². The van der Waals surface area contributed by atoms with Gasteiger partial charge < -0.3 is 9.64 Å². The van der Waals surface area contributed by atoms with E-state index in [0.29, 0.717) is 5.92 Å². The molecule has 5 heteroatoms. The van der Waals surface area contributed by atoms with Gasteiger partial charge in [-0.3, -0.25) is 4.79 Å². The van der Waals surface area contributed by atoms with Crippen LogP contribution in [0.15, 0.2) is 24.3 Å². The Bertz CT molecular complexity index is 674. The second-order valence-corrected chi connectivity index (χ2v) is 7.63. The van der Waals surface area contributed by atoms with Gasteiger partial charge in [0.1, 0.15) is 11.9 Å². The molecule has 3 aliphatic rings. The zero-order chi connectivity index (χ0) is 17.6. The van der Waals surface area contributed by atoms with Crippen LogP contribution in [0.25, 0.3) is 0 Å². The molecule has 2 saturated carbocycles. The molecule has 3 fully saturated rings. The number of halogens is 1. The molecule has 0 aromatic heterocycles. The average Bonchev–Trinajstić information content (AvgIpc) is 3.34. The molecular weight excluding hydrogens is 321 g/mol. The zero-order valence-corrected chi connectivity index (χ0v) is 14.5. The van der Waals surface area contributed by atoms with E-state index in [2.05, 4.69) is 0 Å². The normalized spacial score (nSPS) is 33.7. The number of hydrogen-bond acceptors (Lipinski definition) is 3. The first kappa shape index (κ1) is 16.6. The summed E-state index contributed by atoms with van der Waals surface area (Å²) >= 11 is 0. The lowest BCUT2D eigenvalue weighted by atomic mass is 9.84. The zero-order valence-electron chi connectivity index (χ0n) is 14.5. The van der Waals surface area contributed by atoms with Crippen molar-refractivity contribution in [3.8, 4) is 0 Å². The Kier molecular flexibility index (Phi) is 4.26. The number of fused-ring (bicyclic) bond motifs is 1. The molecule has 5 atom stereocenters. The number of likely N-dealkylation sites (tertiary alicyclic amines) is 1. The van der Waals surface area contributed by atoms with Crippen LogP contribution in [-0.2, 0) is 14.3 Å². The minimum atomic E-state index is -0.430. The highest BCUT2D eigenvalue weighted by Gasteiger charge is 2.54. The van der Waals surface area contributed by atoms with Crippen molar-refractivity contribution in [2.75, 3.05) is 7.11 Å². The van der Waals surface area contributed by atoms with Crippen LogP contribution < -0.4 is 0 Å². The Balaban J connectivity index is 1.53. The molecule has 0 unspecified atom stereocenters. The van der Waals surface area contributed by atoms with E-state index in [-0.39, 0.29) is 35.6 Å². The third kappa shape index (κ3) is 2.94. The van der Waals surface area contributed by atoms with E-state index >= 15 is 0 Å². The summed E-state index contributed by atoms with van der Waals surface area (Å²) in [6.45, 7) is 0. The number of hydrogen-bond donors (Lipinski definition) is 0. The van der Waals surface area contributed by atoms with Crippen LogP contribution in [-0.4, -0.2) is 36.0 Å². The van der Waals surface area contributed by atoms with Crippen molar-refractivity contribution in [2.24, 2.45) is 11.8 Å². The Morgan fingerprint density at radius 3 is 2.56 bits per heavy atom. The van der Waals surface area contributed by atoms with Crippen molar-refractivity contribution >= 4 is 11.9 Å². The Hall–Kier alpha value is -1.91. The number of methoxy groups -OCH3 is 1. The number of benzene rings is 1. The van der Waals surface area contributed by atoms with Crippen LogP contribution in [0.1, 0.15) is 50.0 Å². The van der Waals surface area contributed by atoms with E-state index in [1.807, 2.05) is 4.90 Å². The lowest BCUT2D eigenvalue weighted by molar-refractivity contribution is -0.153. The molecule has 134 valence electrons. The lowest BCUT2D eigenvalue weighted by Crippen LogP contribution is -2.47. The predicted molar refractivity (Wildman–Crippen MR) is 90.3 cm³/mol. The van der Waals surface area contributed by atoms with Crippen LogP contribution >= 0.6 is 0 Å². The highest BCUT2D eigenvalue weighted by Crippen LogP contribution is 2.51. The summed E-state index contributed by atoms with van der Waals surface area (Å²) in [7, 11) is 1.39. The van der Waals surface area contributed by atoms with Gasteiger partial charge in [0.05, 0.1) is 7.11 Å². The van der Waals surface area contributed by atoms with E-state index in [9.17, 15) is 14.0 Å². The van der Waals surface area contributed by atoms with Crippen LogP contribution in [0.2, 0.25) is 0 Å². The van der Waals surface area contributed by atoms with E-state index in [1.54, 1.807) is 12.1 Å².